The Morgan fingerprint density at radius 1 is 1.27 bits per heavy atom. The summed E-state index contributed by atoms with van der Waals surface area (Å²) in [4.78, 5) is 36.3. The minimum absolute atomic E-state index is 0.00843. The van der Waals surface area contributed by atoms with Gasteiger partial charge in [0.25, 0.3) is 0 Å². The Morgan fingerprint density at radius 3 is 2.64 bits per heavy atom. The van der Waals surface area contributed by atoms with Crippen LogP contribution in [-0.2, 0) is 19.0 Å². The summed E-state index contributed by atoms with van der Waals surface area (Å²) >= 11 is 6.08. The number of carbonyl (C=O) groups excluding carboxylic acids is 2. The van der Waals surface area contributed by atoms with Gasteiger partial charge in [0.15, 0.2) is 28.3 Å². The first-order valence-electron chi connectivity index (χ1n) is 9.96. The summed E-state index contributed by atoms with van der Waals surface area (Å²) in [6, 6.07) is 8.28. The van der Waals surface area contributed by atoms with Gasteiger partial charge in [-0.3, -0.25) is 9.36 Å². The number of hydrogen-bond donors (Lipinski definition) is 1. The average molecular weight is 478 g/mol. The van der Waals surface area contributed by atoms with Crippen LogP contribution < -0.4 is 5.73 Å². The van der Waals surface area contributed by atoms with Gasteiger partial charge >= 0.3 is 11.9 Å². The van der Waals surface area contributed by atoms with Crippen molar-refractivity contribution >= 4 is 40.7 Å². The predicted molar refractivity (Wildman–Crippen MR) is 115 cm³/mol. The van der Waals surface area contributed by atoms with E-state index in [1.807, 2.05) is 0 Å². The first-order valence-corrected chi connectivity index (χ1v) is 10.3. The van der Waals surface area contributed by atoms with Crippen LogP contribution in [-0.4, -0.2) is 55.4 Å². The van der Waals surface area contributed by atoms with Gasteiger partial charge in [0.05, 0.1) is 11.9 Å². The van der Waals surface area contributed by atoms with E-state index in [0.29, 0.717) is 5.56 Å². The monoisotopic (exact) mass is 477 g/mol. The van der Waals surface area contributed by atoms with Crippen LogP contribution in [0.1, 0.15) is 37.4 Å². The van der Waals surface area contributed by atoms with Crippen LogP contribution >= 0.6 is 11.6 Å². The molecule has 1 aliphatic heterocycles. The lowest BCUT2D eigenvalue weighted by Crippen LogP contribution is -2.55. The molecule has 2 N–H and O–H groups in total. The Bertz CT molecular complexity index is 1220. The number of fused-ring (bicyclic) bond motifs is 1. The molecule has 10 nitrogen and oxygen atoms in total. The molecule has 1 aliphatic rings. The van der Waals surface area contributed by atoms with Crippen LogP contribution in [0.5, 0.6) is 0 Å². The Balaban J connectivity index is 1.69. The summed E-state index contributed by atoms with van der Waals surface area (Å²) in [5, 5.41) is -0.00843. The molecule has 0 bridgehead atoms. The number of nitrogen functional groups attached to an aromatic ring is 1. The van der Waals surface area contributed by atoms with E-state index in [-0.39, 0.29) is 28.9 Å². The van der Waals surface area contributed by atoms with Crippen molar-refractivity contribution in [3.05, 3.63) is 47.4 Å². The van der Waals surface area contributed by atoms with E-state index in [1.54, 1.807) is 30.3 Å². The number of imidazole rings is 1. The van der Waals surface area contributed by atoms with Crippen molar-refractivity contribution < 1.29 is 28.2 Å². The summed E-state index contributed by atoms with van der Waals surface area (Å²) in [5.41, 5.74) is 2.21. The molecule has 0 aliphatic carbocycles. The molecule has 33 heavy (non-hydrogen) atoms. The SMILES string of the molecule is CC(=O)O[C@@]1(C)[C@@H](COC(=O)c2ccccc2)O[C@@H](n2cnc3c(Cl)nc(N)nc32)[C@]1(C)F. The zero-order valence-electron chi connectivity index (χ0n) is 18.0. The number of aromatic nitrogens is 4. The molecule has 3 heterocycles. The molecule has 0 unspecified atom stereocenters. The number of hydrogen-bond acceptors (Lipinski definition) is 9. The zero-order valence-corrected chi connectivity index (χ0v) is 18.7. The van der Waals surface area contributed by atoms with Gasteiger partial charge in [-0.2, -0.15) is 9.97 Å². The average Bonchev–Trinajstić information content (AvgIpc) is 3.24. The lowest BCUT2D eigenvalue weighted by molar-refractivity contribution is -0.175. The van der Waals surface area contributed by atoms with Gasteiger partial charge in [-0.05, 0) is 26.0 Å². The fourth-order valence-electron chi connectivity index (χ4n) is 3.84. The van der Waals surface area contributed by atoms with Crippen LogP contribution in [0.25, 0.3) is 11.2 Å². The van der Waals surface area contributed by atoms with Crippen molar-refractivity contribution in [1.82, 2.24) is 19.5 Å². The van der Waals surface area contributed by atoms with Gasteiger partial charge in [-0.25, -0.2) is 14.2 Å². The maximum absolute atomic E-state index is 16.4. The van der Waals surface area contributed by atoms with Crippen LogP contribution in [0.4, 0.5) is 10.3 Å². The number of alkyl halides is 1. The molecule has 0 saturated carbocycles. The smallest absolute Gasteiger partial charge is 0.338 e. The minimum Gasteiger partial charge on any atom is -0.459 e. The van der Waals surface area contributed by atoms with Crippen molar-refractivity contribution in [2.75, 3.05) is 12.3 Å². The van der Waals surface area contributed by atoms with E-state index in [4.69, 9.17) is 31.5 Å². The van der Waals surface area contributed by atoms with Gasteiger partial charge in [-0.1, -0.05) is 29.8 Å². The second kappa shape index (κ2) is 8.23. The molecular weight excluding hydrogens is 457 g/mol. The van der Waals surface area contributed by atoms with Gasteiger partial charge in [0.1, 0.15) is 18.2 Å². The minimum atomic E-state index is -2.30. The van der Waals surface area contributed by atoms with Crippen molar-refractivity contribution in [2.45, 2.75) is 44.4 Å². The highest BCUT2D eigenvalue weighted by Gasteiger charge is 2.66. The molecule has 4 rings (SSSR count). The normalized spacial score (nSPS) is 26.9. The zero-order chi connectivity index (χ0) is 24.0. The molecule has 0 radical (unpaired) electrons. The van der Waals surface area contributed by atoms with Gasteiger partial charge in [-0.15, -0.1) is 0 Å². The van der Waals surface area contributed by atoms with E-state index in [0.717, 1.165) is 6.92 Å². The molecule has 3 aromatic rings. The molecule has 1 aromatic carbocycles. The third-order valence-corrected chi connectivity index (χ3v) is 5.99. The summed E-state index contributed by atoms with van der Waals surface area (Å²) < 4.78 is 34.4. The fraction of sp³-hybridized carbons (Fsp3) is 0.381. The highest BCUT2D eigenvalue weighted by Crippen LogP contribution is 2.51. The van der Waals surface area contributed by atoms with Crippen molar-refractivity contribution in [1.29, 1.82) is 0 Å². The highest BCUT2D eigenvalue weighted by atomic mass is 35.5. The largest absolute Gasteiger partial charge is 0.459 e. The third-order valence-electron chi connectivity index (χ3n) is 5.72. The van der Waals surface area contributed by atoms with Crippen LogP contribution in [0.15, 0.2) is 36.7 Å². The van der Waals surface area contributed by atoms with E-state index >= 15 is 4.39 Å². The number of halogens is 2. The van der Waals surface area contributed by atoms with Crippen molar-refractivity contribution in [2.24, 2.45) is 0 Å². The molecule has 1 fully saturated rings. The molecule has 0 spiro atoms. The Hall–Kier alpha value is -3.31. The second-order valence-electron chi connectivity index (χ2n) is 7.91. The number of anilines is 1. The van der Waals surface area contributed by atoms with Gasteiger partial charge < -0.3 is 19.9 Å². The summed E-state index contributed by atoms with van der Waals surface area (Å²) in [6.07, 6.45) is -1.24. The number of esters is 2. The Labute approximate surface area is 192 Å². The number of nitrogens with two attached hydrogens (primary N) is 1. The number of nitrogens with zero attached hydrogens (tertiary/aromatic N) is 4. The van der Waals surface area contributed by atoms with Crippen molar-refractivity contribution in [3.63, 3.8) is 0 Å². The standard InChI is InChI=1S/C21H21ClFN5O5/c1-11(29)33-21(3)13(9-31-17(30)12-7-5-4-6-8-12)32-18(20(21,2)23)28-10-25-14-15(22)26-19(24)27-16(14)28/h4-8,10,13,18H,9H2,1-3H3,(H2,24,26,27)/t13-,18-,20+,21+/m1/s1. The van der Waals surface area contributed by atoms with Crippen LogP contribution in [0.2, 0.25) is 5.15 Å². The second-order valence-corrected chi connectivity index (χ2v) is 8.27. The molecule has 1 saturated heterocycles. The maximum atomic E-state index is 16.4. The maximum Gasteiger partial charge on any atom is 0.338 e. The van der Waals surface area contributed by atoms with Gasteiger partial charge in [0, 0.05) is 6.92 Å². The lowest BCUT2D eigenvalue weighted by Gasteiger charge is -2.36. The summed E-state index contributed by atoms with van der Waals surface area (Å²) in [5.74, 6) is -1.49. The van der Waals surface area contributed by atoms with Crippen LogP contribution in [0.3, 0.4) is 0 Å². The lowest BCUT2D eigenvalue weighted by atomic mass is 9.84. The topological polar surface area (TPSA) is 131 Å². The fourth-order valence-corrected chi connectivity index (χ4v) is 4.06. The summed E-state index contributed by atoms with van der Waals surface area (Å²) in [6.45, 7) is 3.38. The molecule has 4 atom stereocenters. The van der Waals surface area contributed by atoms with E-state index < -0.39 is 35.5 Å². The number of carbonyl (C=O) groups is 2. The summed E-state index contributed by atoms with van der Waals surface area (Å²) in [7, 11) is 0. The highest BCUT2D eigenvalue weighted by molar-refractivity contribution is 6.33. The Morgan fingerprint density at radius 2 is 1.97 bits per heavy atom. The van der Waals surface area contributed by atoms with E-state index in [1.165, 1.54) is 24.7 Å². The molecule has 0 amide bonds. The molecule has 12 heteroatoms. The van der Waals surface area contributed by atoms with Crippen molar-refractivity contribution in [3.8, 4) is 0 Å². The predicted octanol–water partition coefficient (Wildman–Crippen LogP) is 2.87. The quantitative estimate of drug-likeness (QED) is 0.435. The molecular formula is C21H21ClFN5O5. The number of rotatable bonds is 5. The van der Waals surface area contributed by atoms with Crippen LogP contribution in [0, 0.1) is 0 Å². The van der Waals surface area contributed by atoms with E-state index in [2.05, 4.69) is 15.0 Å². The number of benzene rings is 1. The number of ether oxygens (including phenoxy) is 3. The molecule has 174 valence electrons. The first kappa shape index (κ1) is 22.9. The van der Waals surface area contributed by atoms with Gasteiger partial charge in [0.2, 0.25) is 5.95 Å². The third kappa shape index (κ3) is 3.87. The first-order chi connectivity index (χ1) is 15.5. The van der Waals surface area contributed by atoms with E-state index in [9.17, 15) is 9.59 Å². The Kier molecular flexibility index (Phi) is 5.71. The molecule has 2 aromatic heterocycles.